The molecule has 25 heavy (non-hydrogen) atoms. The summed E-state index contributed by atoms with van der Waals surface area (Å²) in [4.78, 5) is 31.6. The number of benzene rings is 1. The Morgan fingerprint density at radius 3 is 2.84 bits per heavy atom. The summed E-state index contributed by atoms with van der Waals surface area (Å²) in [6.07, 6.45) is 3.70. The molecule has 1 aromatic carbocycles. The van der Waals surface area contributed by atoms with E-state index in [2.05, 4.69) is 15.3 Å². The molecule has 0 unspecified atom stereocenters. The standard InChI is InChI=1S/C18H20ClN3O2S/c1-10-7-11(2)16(13(19)8-10)21-15(23)9-25-18-20-14-6-4-3-5-12(14)17(24)22-18/h7-8H,3-6,9H2,1-2H3,(H,21,23)(H,20,22,24). The van der Waals surface area contributed by atoms with Crippen LogP contribution in [0.1, 0.15) is 35.2 Å². The summed E-state index contributed by atoms with van der Waals surface area (Å²) in [5.74, 6) is -0.0232. The summed E-state index contributed by atoms with van der Waals surface area (Å²) in [6.45, 7) is 3.86. The molecule has 0 aliphatic heterocycles. The van der Waals surface area contributed by atoms with Crippen molar-refractivity contribution >= 4 is 35.0 Å². The fraction of sp³-hybridized carbons (Fsp3) is 0.389. The first-order valence-electron chi connectivity index (χ1n) is 8.25. The number of aromatic nitrogens is 2. The van der Waals surface area contributed by atoms with Crippen LogP contribution in [-0.2, 0) is 17.6 Å². The number of hydrogen-bond acceptors (Lipinski definition) is 4. The monoisotopic (exact) mass is 377 g/mol. The first kappa shape index (κ1) is 18.0. The third-order valence-corrected chi connectivity index (χ3v) is 5.38. The molecule has 1 aliphatic carbocycles. The number of aryl methyl sites for hydroxylation is 3. The van der Waals surface area contributed by atoms with Gasteiger partial charge in [-0.05, 0) is 56.7 Å². The van der Waals surface area contributed by atoms with Crippen molar-refractivity contribution in [1.82, 2.24) is 9.97 Å². The van der Waals surface area contributed by atoms with Gasteiger partial charge in [-0.25, -0.2) is 4.98 Å². The van der Waals surface area contributed by atoms with Gasteiger partial charge in [-0.2, -0.15) is 0 Å². The fourth-order valence-electron chi connectivity index (χ4n) is 3.03. The van der Waals surface area contributed by atoms with E-state index in [9.17, 15) is 9.59 Å². The van der Waals surface area contributed by atoms with E-state index in [1.165, 1.54) is 11.8 Å². The van der Waals surface area contributed by atoms with Crippen molar-refractivity contribution in [3.05, 3.63) is 49.9 Å². The van der Waals surface area contributed by atoms with E-state index in [0.717, 1.165) is 48.1 Å². The third-order valence-electron chi connectivity index (χ3n) is 4.21. The number of hydrogen-bond donors (Lipinski definition) is 2. The first-order chi connectivity index (χ1) is 11.9. The SMILES string of the molecule is Cc1cc(C)c(NC(=O)CSc2nc3c(c(=O)[nH]2)CCCC3)c(Cl)c1. The van der Waals surface area contributed by atoms with Crippen molar-refractivity contribution in [2.45, 2.75) is 44.7 Å². The van der Waals surface area contributed by atoms with Gasteiger partial charge < -0.3 is 10.3 Å². The molecular formula is C18H20ClN3O2S. The highest BCUT2D eigenvalue weighted by Gasteiger charge is 2.16. The van der Waals surface area contributed by atoms with E-state index >= 15 is 0 Å². The van der Waals surface area contributed by atoms with Gasteiger partial charge in [0, 0.05) is 5.56 Å². The summed E-state index contributed by atoms with van der Waals surface area (Å²) in [6, 6.07) is 3.79. The van der Waals surface area contributed by atoms with E-state index in [-0.39, 0.29) is 17.2 Å². The smallest absolute Gasteiger partial charge is 0.254 e. The topological polar surface area (TPSA) is 74.8 Å². The van der Waals surface area contributed by atoms with Crippen LogP contribution < -0.4 is 10.9 Å². The molecule has 1 amide bonds. The molecule has 0 atom stereocenters. The molecule has 0 spiro atoms. The third kappa shape index (κ3) is 4.25. The number of amides is 1. The zero-order valence-electron chi connectivity index (χ0n) is 14.2. The first-order valence-corrected chi connectivity index (χ1v) is 9.62. The molecule has 1 aliphatic rings. The summed E-state index contributed by atoms with van der Waals surface area (Å²) in [5, 5.41) is 3.86. The number of anilines is 1. The molecule has 1 heterocycles. The molecular weight excluding hydrogens is 358 g/mol. The molecule has 2 aromatic rings. The minimum atomic E-state index is -0.181. The van der Waals surface area contributed by atoms with Crippen LogP contribution in [0.15, 0.2) is 22.1 Å². The highest BCUT2D eigenvalue weighted by molar-refractivity contribution is 7.99. The molecule has 0 fully saturated rings. The number of fused-ring (bicyclic) bond motifs is 1. The van der Waals surface area contributed by atoms with Gasteiger partial charge in [-0.15, -0.1) is 0 Å². The average molecular weight is 378 g/mol. The molecule has 1 aromatic heterocycles. The van der Waals surface area contributed by atoms with Gasteiger partial charge >= 0.3 is 0 Å². The Kier molecular flexibility index (Phi) is 5.49. The van der Waals surface area contributed by atoms with E-state index in [0.29, 0.717) is 15.9 Å². The van der Waals surface area contributed by atoms with Crippen molar-refractivity contribution < 1.29 is 4.79 Å². The van der Waals surface area contributed by atoms with E-state index in [1.54, 1.807) is 0 Å². The Balaban J connectivity index is 1.67. The highest BCUT2D eigenvalue weighted by atomic mass is 35.5. The zero-order valence-corrected chi connectivity index (χ0v) is 15.8. The average Bonchev–Trinajstić information content (AvgIpc) is 2.56. The van der Waals surface area contributed by atoms with Crippen LogP contribution in [0.3, 0.4) is 0 Å². The van der Waals surface area contributed by atoms with Gasteiger partial charge in [0.1, 0.15) is 0 Å². The quantitative estimate of drug-likeness (QED) is 0.630. The van der Waals surface area contributed by atoms with E-state index < -0.39 is 0 Å². The number of thioether (sulfide) groups is 1. The lowest BCUT2D eigenvalue weighted by Crippen LogP contribution is -2.22. The molecule has 7 heteroatoms. The lowest BCUT2D eigenvalue weighted by molar-refractivity contribution is -0.113. The molecule has 3 rings (SSSR count). The molecule has 132 valence electrons. The highest BCUT2D eigenvalue weighted by Crippen LogP contribution is 2.27. The minimum absolute atomic E-state index is 0.0787. The van der Waals surface area contributed by atoms with Gasteiger partial charge in [-0.1, -0.05) is 29.4 Å². The lowest BCUT2D eigenvalue weighted by Gasteiger charge is -2.14. The Bertz CT molecular complexity index is 856. The van der Waals surface area contributed by atoms with Crippen LogP contribution in [-0.4, -0.2) is 21.6 Å². The van der Waals surface area contributed by atoms with Gasteiger partial charge in [-0.3, -0.25) is 9.59 Å². The molecule has 2 N–H and O–H groups in total. The Morgan fingerprint density at radius 2 is 2.08 bits per heavy atom. The summed E-state index contributed by atoms with van der Waals surface area (Å²) in [7, 11) is 0. The minimum Gasteiger partial charge on any atom is -0.324 e. The second kappa shape index (κ2) is 7.62. The Morgan fingerprint density at radius 1 is 1.32 bits per heavy atom. The van der Waals surface area contributed by atoms with Crippen LogP contribution in [0, 0.1) is 13.8 Å². The second-order valence-corrected chi connectivity index (χ2v) is 7.65. The molecule has 0 radical (unpaired) electrons. The number of carbonyl (C=O) groups is 1. The number of nitrogens with zero attached hydrogens (tertiary/aromatic N) is 1. The summed E-state index contributed by atoms with van der Waals surface area (Å²) < 4.78 is 0. The van der Waals surface area contributed by atoms with Gasteiger partial charge in [0.05, 0.1) is 22.2 Å². The van der Waals surface area contributed by atoms with Crippen molar-refractivity contribution in [2.75, 3.05) is 11.1 Å². The maximum Gasteiger partial charge on any atom is 0.254 e. The van der Waals surface area contributed by atoms with Crippen molar-refractivity contribution in [3.63, 3.8) is 0 Å². The van der Waals surface area contributed by atoms with Gasteiger partial charge in [0.25, 0.3) is 5.56 Å². The number of aromatic amines is 1. The summed E-state index contributed by atoms with van der Waals surface area (Å²) in [5.41, 5.74) is 4.18. The number of nitrogens with one attached hydrogen (secondary N) is 2. The number of H-pyrrole nitrogens is 1. The molecule has 5 nitrogen and oxygen atoms in total. The van der Waals surface area contributed by atoms with Crippen LogP contribution in [0.25, 0.3) is 0 Å². The molecule has 0 saturated carbocycles. The Hall–Kier alpha value is -1.79. The normalized spacial score (nSPS) is 13.4. The van der Waals surface area contributed by atoms with Crippen LogP contribution in [0.2, 0.25) is 5.02 Å². The second-order valence-electron chi connectivity index (χ2n) is 6.28. The lowest BCUT2D eigenvalue weighted by atomic mass is 9.97. The largest absolute Gasteiger partial charge is 0.324 e. The molecule has 0 bridgehead atoms. The van der Waals surface area contributed by atoms with Crippen molar-refractivity contribution in [1.29, 1.82) is 0 Å². The Labute approximate surface area is 155 Å². The number of halogens is 1. The summed E-state index contributed by atoms with van der Waals surface area (Å²) >= 11 is 7.44. The number of rotatable bonds is 4. The van der Waals surface area contributed by atoms with Crippen LogP contribution >= 0.6 is 23.4 Å². The maximum atomic E-state index is 12.2. The predicted molar refractivity (Wildman–Crippen MR) is 102 cm³/mol. The zero-order chi connectivity index (χ0) is 18.0. The van der Waals surface area contributed by atoms with Crippen LogP contribution in [0.5, 0.6) is 0 Å². The van der Waals surface area contributed by atoms with Crippen molar-refractivity contribution in [3.8, 4) is 0 Å². The maximum absolute atomic E-state index is 12.2. The molecule has 0 saturated heterocycles. The van der Waals surface area contributed by atoms with Gasteiger partial charge in [0.2, 0.25) is 5.91 Å². The predicted octanol–water partition coefficient (Wildman–Crippen LogP) is 3.65. The van der Waals surface area contributed by atoms with Crippen LogP contribution in [0.4, 0.5) is 5.69 Å². The van der Waals surface area contributed by atoms with E-state index in [4.69, 9.17) is 11.6 Å². The van der Waals surface area contributed by atoms with Gasteiger partial charge in [0.15, 0.2) is 5.16 Å². The number of carbonyl (C=O) groups excluding carboxylic acids is 1. The van der Waals surface area contributed by atoms with E-state index in [1.807, 2.05) is 26.0 Å². The fourth-order valence-corrected chi connectivity index (χ4v) is 4.08. The van der Waals surface area contributed by atoms with Crippen molar-refractivity contribution in [2.24, 2.45) is 0 Å².